The van der Waals surface area contributed by atoms with Crippen molar-refractivity contribution in [2.45, 2.75) is 33.1 Å². The van der Waals surface area contributed by atoms with Crippen molar-refractivity contribution in [1.29, 1.82) is 0 Å². The van der Waals surface area contributed by atoms with Gasteiger partial charge in [0.1, 0.15) is 0 Å². The van der Waals surface area contributed by atoms with E-state index in [1.54, 1.807) is 13.8 Å². The Balaban J connectivity index is 2.95. The number of carboxylic acids is 1. The zero-order valence-corrected chi connectivity index (χ0v) is 14.1. The first-order chi connectivity index (χ1) is 11.9. The van der Waals surface area contributed by atoms with Gasteiger partial charge in [-0.3, -0.25) is 4.79 Å². The summed E-state index contributed by atoms with van der Waals surface area (Å²) in [5.74, 6) is -2.96. The molecule has 1 amide bonds. The van der Waals surface area contributed by atoms with Crippen molar-refractivity contribution < 1.29 is 33.8 Å². The lowest BCUT2D eigenvalue weighted by molar-refractivity contribution is -0.305. The number of anilines is 1. The van der Waals surface area contributed by atoms with Gasteiger partial charge in [0.05, 0.1) is 24.3 Å². The normalized spacial score (nSPS) is 10.0. The maximum absolute atomic E-state index is 11.9. The van der Waals surface area contributed by atoms with E-state index in [9.17, 15) is 24.3 Å². The highest BCUT2D eigenvalue weighted by atomic mass is 16.5. The maximum Gasteiger partial charge on any atom is 0.338 e. The number of carbonyl (C=O) groups is 4. The number of carbonyl (C=O) groups excluding carboxylic acids is 4. The van der Waals surface area contributed by atoms with Crippen LogP contribution in [0.5, 0.6) is 0 Å². The SMILES string of the molecule is CCOC(=O)c1cc(NC(=O)CCCC(=O)[O-])cc(C(=O)OCC)c1. The minimum atomic E-state index is -1.23. The minimum absolute atomic E-state index is 0.0354. The third kappa shape index (κ3) is 7.03. The highest BCUT2D eigenvalue weighted by Gasteiger charge is 2.15. The molecule has 0 aliphatic heterocycles. The number of rotatable bonds is 9. The fourth-order valence-corrected chi connectivity index (χ4v) is 1.98. The molecule has 0 spiro atoms. The fourth-order valence-electron chi connectivity index (χ4n) is 1.98. The molecule has 25 heavy (non-hydrogen) atoms. The Hall–Kier alpha value is -2.90. The van der Waals surface area contributed by atoms with E-state index < -0.39 is 23.8 Å². The topological polar surface area (TPSA) is 122 Å². The molecule has 0 heterocycles. The summed E-state index contributed by atoms with van der Waals surface area (Å²) in [6.45, 7) is 3.61. The average molecular weight is 350 g/mol. The summed E-state index contributed by atoms with van der Waals surface area (Å²) in [6, 6.07) is 4.07. The lowest BCUT2D eigenvalue weighted by atomic mass is 10.1. The molecule has 0 aliphatic rings. The van der Waals surface area contributed by atoms with Gasteiger partial charge in [0, 0.05) is 18.1 Å². The van der Waals surface area contributed by atoms with Crippen LogP contribution < -0.4 is 10.4 Å². The van der Waals surface area contributed by atoms with E-state index >= 15 is 0 Å². The second-order valence-electron chi connectivity index (χ2n) is 5.01. The highest BCUT2D eigenvalue weighted by molar-refractivity contribution is 5.99. The molecule has 0 fully saturated rings. The highest BCUT2D eigenvalue weighted by Crippen LogP contribution is 2.18. The van der Waals surface area contributed by atoms with E-state index in [1.807, 2.05) is 0 Å². The molecule has 0 unspecified atom stereocenters. The number of ether oxygens (including phenoxy) is 2. The van der Waals surface area contributed by atoms with E-state index in [0.29, 0.717) is 0 Å². The van der Waals surface area contributed by atoms with Crippen LogP contribution in [0.25, 0.3) is 0 Å². The summed E-state index contributed by atoms with van der Waals surface area (Å²) >= 11 is 0. The largest absolute Gasteiger partial charge is 0.550 e. The summed E-state index contributed by atoms with van der Waals surface area (Å²) in [5.41, 5.74) is 0.405. The van der Waals surface area contributed by atoms with Crippen molar-refractivity contribution in [2.24, 2.45) is 0 Å². The Morgan fingerprint density at radius 3 is 1.88 bits per heavy atom. The first-order valence-corrected chi connectivity index (χ1v) is 7.86. The van der Waals surface area contributed by atoms with Crippen LogP contribution >= 0.6 is 0 Å². The molecule has 0 saturated carbocycles. The summed E-state index contributed by atoms with van der Waals surface area (Å²) in [5, 5.41) is 12.9. The molecular weight excluding hydrogens is 330 g/mol. The molecule has 8 nitrogen and oxygen atoms in total. The van der Waals surface area contributed by atoms with Crippen molar-refractivity contribution in [2.75, 3.05) is 18.5 Å². The van der Waals surface area contributed by atoms with Gasteiger partial charge >= 0.3 is 11.9 Å². The lowest BCUT2D eigenvalue weighted by Gasteiger charge is -2.10. The van der Waals surface area contributed by atoms with Gasteiger partial charge in [-0.05, 0) is 44.9 Å². The van der Waals surface area contributed by atoms with E-state index in [-0.39, 0.29) is 49.3 Å². The average Bonchev–Trinajstić information content (AvgIpc) is 2.54. The Kier molecular flexibility index (Phi) is 8.11. The molecule has 0 atom stereocenters. The Labute approximate surface area is 145 Å². The number of nitrogens with one attached hydrogen (secondary N) is 1. The van der Waals surface area contributed by atoms with E-state index in [2.05, 4.69) is 5.32 Å². The lowest BCUT2D eigenvalue weighted by Crippen LogP contribution is -2.22. The maximum atomic E-state index is 11.9. The second kappa shape index (κ2) is 10.1. The molecule has 0 aliphatic carbocycles. The third-order valence-electron chi connectivity index (χ3n) is 3.02. The Morgan fingerprint density at radius 1 is 0.920 bits per heavy atom. The van der Waals surface area contributed by atoms with Crippen molar-refractivity contribution in [1.82, 2.24) is 0 Å². The van der Waals surface area contributed by atoms with Crippen LogP contribution in [0.4, 0.5) is 5.69 Å². The molecule has 0 aromatic heterocycles. The zero-order chi connectivity index (χ0) is 18.8. The van der Waals surface area contributed by atoms with E-state index in [1.165, 1.54) is 18.2 Å². The molecule has 1 aromatic carbocycles. The minimum Gasteiger partial charge on any atom is -0.550 e. The summed E-state index contributed by atoms with van der Waals surface area (Å²) in [6.07, 6.45) is -0.146. The van der Waals surface area contributed by atoms with Crippen LogP contribution in [0.15, 0.2) is 18.2 Å². The van der Waals surface area contributed by atoms with Crippen LogP contribution in [0.2, 0.25) is 0 Å². The van der Waals surface area contributed by atoms with Crippen LogP contribution in [0, 0.1) is 0 Å². The van der Waals surface area contributed by atoms with Crippen molar-refractivity contribution in [3.63, 3.8) is 0 Å². The molecular formula is C17H20NO7-. The van der Waals surface area contributed by atoms with Gasteiger partial charge in [0.2, 0.25) is 5.91 Å². The summed E-state index contributed by atoms with van der Waals surface area (Å²) in [7, 11) is 0. The molecule has 1 aromatic rings. The molecule has 0 bridgehead atoms. The molecule has 136 valence electrons. The first kappa shape index (κ1) is 20.1. The summed E-state index contributed by atoms with van der Waals surface area (Å²) < 4.78 is 9.80. The van der Waals surface area contributed by atoms with Gasteiger partial charge in [-0.2, -0.15) is 0 Å². The standard InChI is InChI=1S/C17H21NO7/c1-3-24-16(22)11-8-12(17(23)25-4-2)10-13(9-11)18-14(19)6-5-7-15(20)21/h8-10H,3-7H2,1-2H3,(H,18,19)(H,20,21)/p-1. The Bertz CT molecular complexity index is 618. The molecule has 1 N–H and O–H groups in total. The van der Waals surface area contributed by atoms with Gasteiger partial charge < -0.3 is 24.7 Å². The number of carboxylic acid groups (broad SMARTS) is 1. The smallest absolute Gasteiger partial charge is 0.338 e. The van der Waals surface area contributed by atoms with Crippen LogP contribution in [0.3, 0.4) is 0 Å². The number of hydrogen-bond acceptors (Lipinski definition) is 7. The van der Waals surface area contributed by atoms with Crippen LogP contribution in [-0.4, -0.2) is 37.0 Å². The number of benzene rings is 1. The van der Waals surface area contributed by atoms with Gasteiger partial charge in [0.15, 0.2) is 0 Å². The number of amides is 1. The predicted molar refractivity (Wildman–Crippen MR) is 85.8 cm³/mol. The van der Waals surface area contributed by atoms with E-state index in [4.69, 9.17) is 9.47 Å². The van der Waals surface area contributed by atoms with Crippen molar-refractivity contribution in [3.05, 3.63) is 29.3 Å². The first-order valence-electron chi connectivity index (χ1n) is 7.86. The van der Waals surface area contributed by atoms with Gasteiger partial charge in [-0.25, -0.2) is 9.59 Å². The van der Waals surface area contributed by atoms with Gasteiger partial charge in [0.25, 0.3) is 0 Å². The monoisotopic (exact) mass is 350 g/mol. The van der Waals surface area contributed by atoms with Gasteiger partial charge in [-0.15, -0.1) is 0 Å². The number of hydrogen-bond donors (Lipinski definition) is 1. The van der Waals surface area contributed by atoms with Crippen LogP contribution in [0.1, 0.15) is 53.8 Å². The predicted octanol–water partition coefficient (Wildman–Crippen LogP) is 0.899. The molecule has 0 radical (unpaired) electrons. The fraction of sp³-hybridized carbons (Fsp3) is 0.412. The Morgan fingerprint density at radius 2 is 1.44 bits per heavy atom. The number of aliphatic carboxylic acids is 1. The van der Waals surface area contributed by atoms with Gasteiger partial charge in [-0.1, -0.05) is 0 Å². The molecule has 1 rings (SSSR count). The molecule has 0 saturated heterocycles. The molecule has 8 heteroatoms. The number of esters is 2. The summed E-state index contributed by atoms with van der Waals surface area (Å²) in [4.78, 5) is 46.0. The second-order valence-corrected chi connectivity index (χ2v) is 5.01. The van der Waals surface area contributed by atoms with Crippen molar-refractivity contribution >= 4 is 29.5 Å². The zero-order valence-electron chi connectivity index (χ0n) is 14.1. The van der Waals surface area contributed by atoms with E-state index in [0.717, 1.165) is 0 Å². The third-order valence-corrected chi connectivity index (χ3v) is 3.02. The van der Waals surface area contributed by atoms with Crippen LogP contribution in [-0.2, 0) is 19.1 Å². The van der Waals surface area contributed by atoms with Crippen molar-refractivity contribution in [3.8, 4) is 0 Å². The quantitative estimate of drug-likeness (QED) is 0.656.